The average molecular weight is 226 g/mol. The van der Waals surface area contributed by atoms with Crippen molar-refractivity contribution < 1.29 is 4.43 Å². The summed E-state index contributed by atoms with van der Waals surface area (Å²) in [6.07, 6.45) is 6.96. The molecule has 2 atom stereocenters. The first-order chi connectivity index (χ1) is 6.93. The molecule has 0 bridgehead atoms. The van der Waals surface area contributed by atoms with Crippen molar-refractivity contribution in [1.29, 1.82) is 0 Å². The molecule has 0 aromatic carbocycles. The Bertz CT molecular complexity index is 225. The third-order valence-electron chi connectivity index (χ3n) is 3.65. The monoisotopic (exact) mass is 226 g/mol. The van der Waals surface area contributed by atoms with E-state index in [1.54, 1.807) is 0 Å². The van der Waals surface area contributed by atoms with Gasteiger partial charge in [-0.2, -0.15) is 0 Å². The van der Waals surface area contributed by atoms with E-state index in [1.165, 1.54) is 25.3 Å². The summed E-state index contributed by atoms with van der Waals surface area (Å²) < 4.78 is 6.43. The Hall–Kier alpha value is -0.0831. The standard InChI is InChI=1S/C13H26OSi/c1-6-8-12-9-11-15(4,5)14-13(12,3)10-7-2/h7,12H,2,6,8-11H2,1,3-5H3. The van der Waals surface area contributed by atoms with E-state index >= 15 is 0 Å². The van der Waals surface area contributed by atoms with Gasteiger partial charge in [-0.1, -0.05) is 19.4 Å². The van der Waals surface area contributed by atoms with E-state index in [2.05, 4.69) is 33.5 Å². The number of rotatable bonds is 4. The highest BCUT2D eigenvalue weighted by Crippen LogP contribution is 2.42. The van der Waals surface area contributed by atoms with Crippen molar-refractivity contribution >= 4 is 8.32 Å². The fourth-order valence-corrected chi connectivity index (χ4v) is 5.54. The van der Waals surface area contributed by atoms with E-state index in [-0.39, 0.29) is 5.60 Å². The molecule has 15 heavy (non-hydrogen) atoms. The summed E-state index contributed by atoms with van der Waals surface area (Å²) in [6.45, 7) is 13.1. The molecule has 0 saturated carbocycles. The third kappa shape index (κ3) is 3.18. The quantitative estimate of drug-likeness (QED) is 0.511. The van der Waals surface area contributed by atoms with Crippen LogP contribution in [0.15, 0.2) is 12.7 Å². The summed E-state index contributed by atoms with van der Waals surface area (Å²) in [7, 11) is -1.38. The molecule has 0 radical (unpaired) electrons. The molecule has 1 fully saturated rings. The van der Waals surface area contributed by atoms with Gasteiger partial charge >= 0.3 is 0 Å². The van der Waals surface area contributed by atoms with Gasteiger partial charge in [0, 0.05) is 0 Å². The van der Waals surface area contributed by atoms with E-state index < -0.39 is 8.32 Å². The van der Waals surface area contributed by atoms with Crippen LogP contribution in [0.2, 0.25) is 19.1 Å². The number of hydrogen-bond donors (Lipinski definition) is 0. The van der Waals surface area contributed by atoms with Crippen LogP contribution in [0.5, 0.6) is 0 Å². The first kappa shape index (κ1) is 13.0. The lowest BCUT2D eigenvalue weighted by atomic mass is 9.81. The highest BCUT2D eigenvalue weighted by atomic mass is 28.4. The summed E-state index contributed by atoms with van der Waals surface area (Å²) in [4.78, 5) is 0. The smallest absolute Gasteiger partial charge is 0.187 e. The lowest BCUT2D eigenvalue weighted by molar-refractivity contribution is -0.00416. The Morgan fingerprint density at radius 1 is 1.53 bits per heavy atom. The number of hydrogen-bond acceptors (Lipinski definition) is 1. The topological polar surface area (TPSA) is 9.23 Å². The van der Waals surface area contributed by atoms with Gasteiger partial charge in [0.2, 0.25) is 0 Å². The van der Waals surface area contributed by atoms with Crippen LogP contribution in [0.4, 0.5) is 0 Å². The Labute approximate surface area is 96.0 Å². The summed E-state index contributed by atoms with van der Waals surface area (Å²) in [5.74, 6) is 0.737. The minimum atomic E-state index is -1.38. The van der Waals surface area contributed by atoms with Gasteiger partial charge < -0.3 is 4.43 Å². The SMILES string of the molecule is C=CCC1(C)O[Si](C)(C)CCC1CCC. The molecule has 88 valence electrons. The molecule has 1 saturated heterocycles. The molecule has 1 nitrogen and oxygen atoms in total. The van der Waals surface area contributed by atoms with Crippen LogP contribution in [0.1, 0.15) is 39.5 Å². The molecule has 1 heterocycles. The highest BCUT2D eigenvalue weighted by Gasteiger charge is 2.43. The van der Waals surface area contributed by atoms with Gasteiger partial charge in [0.1, 0.15) is 0 Å². The zero-order chi connectivity index (χ0) is 11.5. The summed E-state index contributed by atoms with van der Waals surface area (Å²) in [5, 5.41) is 0. The fraction of sp³-hybridized carbons (Fsp3) is 0.846. The van der Waals surface area contributed by atoms with Crippen molar-refractivity contribution in [3.8, 4) is 0 Å². The molecule has 1 aliphatic rings. The maximum atomic E-state index is 6.43. The van der Waals surface area contributed by atoms with Gasteiger partial charge in [-0.3, -0.25) is 0 Å². The van der Waals surface area contributed by atoms with Crippen LogP contribution >= 0.6 is 0 Å². The van der Waals surface area contributed by atoms with Crippen molar-refractivity contribution in [2.45, 2.75) is 64.3 Å². The second-order valence-corrected chi connectivity index (χ2v) is 9.92. The van der Waals surface area contributed by atoms with Gasteiger partial charge in [0.15, 0.2) is 8.32 Å². The third-order valence-corrected chi connectivity index (χ3v) is 6.17. The van der Waals surface area contributed by atoms with E-state index in [1.807, 2.05) is 6.08 Å². The predicted molar refractivity (Wildman–Crippen MR) is 69.6 cm³/mol. The second kappa shape index (κ2) is 4.83. The van der Waals surface area contributed by atoms with Crippen LogP contribution in [0, 0.1) is 5.92 Å². The summed E-state index contributed by atoms with van der Waals surface area (Å²) in [6, 6.07) is 1.32. The normalized spacial score (nSPS) is 35.1. The minimum Gasteiger partial charge on any atom is -0.412 e. The summed E-state index contributed by atoms with van der Waals surface area (Å²) >= 11 is 0. The second-order valence-electron chi connectivity index (χ2n) is 5.69. The first-order valence-electron chi connectivity index (χ1n) is 6.24. The molecule has 0 aromatic heterocycles. The predicted octanol–water partition coefficient (Wildman–Crippen LogP) is 4.36. The Kier molecular flexibility index (Phi) is 4.18. The highest BCUT2D eigenvalue weighted by molar-refractivity contribution is 6.71. The van der Waals surface area contributed by atoms with Crippen molar-refractivity contribution in [2.75, 3.05) is 0 Å². The van der Waals surface area contributed by atoms with Gasteiger partial charge in [-0.05, 0) is 51.2 Å². The molecule has 1 rings (SSSR count). The van der Waals surface area contributed by atoms with Crippen LogP contribution in [-0.2, 0) is 4.43 Å². The average Bonchev–Trinajstić information content (AvgIpc) is 2.09. The molecule has 0 aromatic rings. The Morgan fingerprint density at radius 2 is 2.20 bits per heavy atom. The van der Waals surface area contributed by atoms with Gasteiger partial charge in [-0.25, -0.2) is 0 Å². The van der Waals surface area contributed by atoms with Gasteiger partial charge in [-0.15, -0.1) is 6.58 Å². The fourth-order valence-electron chi connectivity index (χ4n) is 2.89. The lowest BCUT2D eigenvalue weighted by Crippen LogP contribution is -2.51. The minimum absolute atomic E-state index is 0.0751. The molecule has 0 amide bonds. The molecule has 0 aliphatic carbocycles. The van der Waals surface area contributed by atoms with Crippen LogP contribution < -0.4 is 0 Å². The van der Waals surface area contributed by atoms with E-state index in [4.69, 9.17) is 4.43 Å². The molecule has 0 N–H and O–H groups in total. The van der Waals surface area contributed by atoms with E-state index in [0.29, 0.717) is 0 Å². The van der Waals surface area contributed by atoms with Crippen LogP contribution in [-0.4, -0.2) is 13.9 Å². The maximum Gasteiger partial charge on any atom is 0.187 e. The van der Waals surface area contributed by atoms with Gasteiger partial charge in [0.25, 0.3) is 0 Å². The Morgan fingerprint density at radius 3 is 2.73 bits per heavy atom. The lowest BCUT2D eigenvalue weighted by Gasteiger charge is -2.48. The Balaban J connectivity index is 2.76. The van der Waals surface area contributed by atoms with Crippen molar-refractivity contribution in [3.05, 3.63) is 12.7 Å². The van der Waals surface area contributed by atoms with Crippen LogP contribution in [0.3, 0.4) is 0 Å². The molecular formula is C13H26OSi. The zero-order valence-electron chi connectivity index (χ0n) is 10.8. The van der Waals surface area contributed by atoms with E-state index in [0.717, 1.165) is 12.3 Å². The molecule has 1 aliphatic heterocycles. The zero-order valence-corrected chi connectivity index (χ0v) is 11.8. The van der Waals surface area contributed by atoms with Crippen LogP contribution in [0.25, 0.3) is 0 Å². The van der Waals surface area contributed by atoms with Crippen molar-refractivity contribution in [1.82, 2.24) is 0 Å². The molecule has 2 unspecified atom stereocenters. The maximum absolute atomic E-state index is 6.43. The molecule has 0 spiro atoms. The van der Waals surface area contributed by atoms with Crippen molar-refractivity contribution in [3.63, 3.8) is 0 Å². The molecule has 2 heteroatoms. The van der Waals surface area contributed by atoms with Crippen molar-refractivity contribution in [2.24, 2.45) is 5.92 Å². The van der Waals surface area contributed by atoms with Gasteiger partial charge in [0.05, 0.1) is 5.60 Å². The van der Waals surface area contributed by atoms with E-state index in [9.17, 15) is 0 Å². The summed E-state index contributed by atoms with van der Waals surface area (Å²) in [5.41, 5.74) is 0.0751. The first-order valence-corrected chi connectivity index (χ1v) is 9.36. The largest absolute Gasteiger partial charge is 0.412 e. The molecular weight excluding hydrogens is 200 g/mol.